The molecule has 4 rings (SSSR count). The second kappa shape index (κ2) is 8.17. The van der Waals surface area contributed by atoms with Gasteiger partial charge in [0.2, 0.25) is 0 Å². The number of aromatic nitrogens is 2. The molecule has 0 spiro atoms. The number of anilines is 1. The van der Waals surface area contributed by atoms with E-state index in [1.807, 2.05) is 12.3 Å². The molecule has 1 fully saturated rings. The summed E-state index contributed by atoms with van der Waals surface area (Å²) in [5.74, 6) is 0. The van der Waals surface area contributed by atoms with E-state index in [0.717, 1.165) is 54.0 Å². The fourth-order valence-corrected chi connectivity index (χ4v) is 3.71. The average Bonchev–Trinajstić information content (AvgIpc) is 3.21. The first-order valence-electron chi connectivity index (χ1n) is 9.57. The lowest BCUT2D eigenvalue weighted by Crippen LogP contribution is -2.43. The van der Waals surface area contributed by atoms with Crippen LogP contribution >= 0.6 is 0 Å². The van der Waals surface area contributed by atoms with Gasteiger partial charge in [-0.1, -0.05) is 12.1 Å². The Hall–Kier alpha value is -3.63. The van der Waals surface area contributed by atoms with Crippen LogP contribution in [-0.2, 0) is 0 Å². The molecule has 1 aromatic carbocycles. The smallest absolute Gasteiger partial charge is 0.103 e. The molecule has 1 aliphatic heterocycles. The van der Waals surface area contributed by atoms with E-state index in [9.17, 15) is 5.26 Å². The van der Waals surface area contributed by atoms with E-state index in [-0.39, 0.29) is 0 Å². The van der Waals surface area contributed by atoms with Crippen molar-refractivity contribution in [2.45, 2.75) is 0 Å². The van der Waals surface area contributed by atoms with Gasteiger partial charge < -0.3 is 16.0 Å². The van der Waals surface area contributed by atoms with Crippen molar-refractivity contribution < 1.29 is 0 Å². The normalized spacial score (nSPS) is 15.2. The lowest BCUT2D eigenvalue weighted by molar-refractivity contribution is 0.589. The number of nitrogens with zero attached hydrogens (tertiary/aromatic N) is 5. The van der Waals surface area contributed by atoms with Gasteiger partial charge in [0.15, 0.2) is 0 Å². The molecule has 3 heterocycles. The predicted octanol–water partition coefficient (Wildman–Crippen LogP) is 2.28. The van der Waals surface area contributed by atoms with Gasteiger partial charge in [0.05, 0.1) is 17.3 Å². The quantitative estimate of drug-likeness (QED) is 0.672. The number of benzene rings is 1. The number of hydrogen-bond acceptors (Lipinski definition) is 6. The van der Waals surface area contributed by atoms with Crippen LogP contribution < -0.4 is 16.0 Å². The number of rotatable bonds is 4. The number of hydrogen-bond donors (Lipinski definition) is 2. The molecule has 7 nitrogen and oxygen atoms in total. The fourth-order valence-electron chi connectivity index (χ4n) is 3.71. The minimum atomic E-state index is 0.542. The summed E-state index contributed by atoms with van der Waals surface area (Å²) in [7, 11) is 1.71. The SMILES string of the molecule is CN=CC(=CN)c1cc(-c2ccc(N3CCNCC3)cc2)c2c(C#N)cnn2c1. The zero-order valence-electron chi connectivity index (χ0n) is 16.3. The maximum Gasteiger partial charge on any atom is 0.103 e. The van der Waals surface area contributed by atoms with Gasteiger partial charge >= 0.3 is 0 Å². The van der Waals surface area contributed by atoms with E-state index in [1.54, 1.807) is 24.0 Å². The molecule has 3 N–H and O–H groups in total. The van der Waals surface area contributed by atoms with E-state index in [0.29, 0.717) is 5.56 Å². The summed E-state index contributed by atoms with van der Waals surface area (Å²) in [6.07, 6.45) is 6.71. The van der Waals surface area contributed by atoms with Crippen LogP contribution in [0.5, 0.6) is 0 Å². The van der Waals surface area contributed by atoms with Crippen LogP contribution in [0.3, 0.4) is 0 Å². The number of piperazine rings is 1. The number of allylic oxidation sites excluding steroid dienone is 1. The fraction of sp³-hybridized carbons (Fsp3) is 0.227. The van der Waals surface area contributed by atoms with Crippen LogP contribution in [-0.4, -0.2) is 49.1 Å². The largest absolute Gasteiger partial charge is 0.404 e. The summed E-state index contributed by atoms with van der Waals surface area (Å²) in [5.41, 5.74) is 12.0. The third-order valence-corrected chi connectivity index (χ3v) is 5.17. The molecule has 1 aliphatic rings. The van der Waals surface area contributed by atoms with Gasteiger partial charge in [0.1, 0.15) is 6.07 Å². The van der Waals surface area contributed by atoms with Crippen LogP contribution in [0.4, 0.5) is 5.69 Å². The van der Waals surface area contributed by atoms with Gasteiger partial charge in [-0.3, -0.25) is 4.99 Å². The summed E-state index contributed by atoms with van der Waals surface area (Å²) in [6.45, 7) is 4.00. The molecule has 0 radical (unpaired) electrons. The van der Waals surface area contributed by atoms with Crippen molar-refractivity contribution in [3.8, 4) is 17.2 Å². The molecule has 146 valence electrons. The van der Waals surface area contributed by atoms with Crippen molar-refractivity contribution >= 4 is 23.0 Å². The van der Waals surface area contributed by atoms with Crippen molar-refractivity contribution in [1.29, 1.82) is 5.26 Å². The molecule has 3 aromatic rings. The second-order valence-electron chi connectivity index (χ2n) is 6.90. The molecule has 0 atom stereocenters. The molecule has 0 saturated carbocycles. The zero-order chi connectivity index (χ0) is 20.2. The van der Waals surface area contributed by atoms with Crippen LogP contribution in [0, 0.1) is 11.3 Å². The van der Waals surface area contributed by atoms with Crippen LogP contribution in [0.2, 0.25) is 0 Å². The van der Waals surface area contributed by atoms with Crippen molar-refractivity contribution in [3.63, 3.8) is 0 Å². The zero-order valence-corrected chi connectivity index (χ0v) is 16.3. The van der Waals surface area contributed by atoms with Crippen LogP contribution in [0.1, 0.15) is 11.1 Å². The molecule has 0 unspecified atom stereocenters. The van der Waals surface area contributed by atoms with Gasteiger partial charge in [0, 0.05) is 74.2 Å². The van der Waals surface area contributed by atoms with Gasteiger partial charge in [-0.15, -0.1) is 0 Å². The second-order valence-corrected chi connectivity index (χ2v) is 6.90. The maximum atomic E-state index is 9.55. The van der Waals surface area contributed by atoms with Crippen LogP contribution in [0.15, 0.2) is 53.9 Å². The van der Waals surface area contributed by atoms with E-state index in [2.05, 4.69) is 50.6 Å². The number of pyridine rings is 1. The monoisotopic (exact) mass is 385 g/mol. The summed E-state index contributed by atoms with van der Waals surface area (Å²) in [4.78, 5) is 6.46. The summed E-state index contributed by atoms with van der Waals surface area (Å²) in [6, 6.07) is 12.8. The Morgan fingerprint density at radius 1 is 1.28 bits per heavy atom. The highest BCUT2D eigenvalue weighted by atomic mass is 15.2. The van der Waals surface area contributed by atoms with Gasteiger partial charge in [-0.05, 0) is 23.8 Å². The molecular weight excluding hydrogens is 362 g/mol. The Morgan fingerprint density at radius 2 is 2.03 bits per heavy atom. The van der Waals surface area contributed by atoms with Crippen molar-refractivity contribution in [2.75, 3.05) is 38.1 Å². The van der Waals surface area contributed by atoms with E-state index >= 15 is 0 Å². The summed E-state index contributed by atoms with van der Waals surface area (Å²) < 4.78 is 1.74. The van der Waals surface area contributed by atoms with Crippen molar-refractivity contribution in [3.05, 3.63) is 60.1 Å². The molecule has 2 aromatic heterocycles. The topological polar surface area (TPSA) is 94.7 Å². The molecule has 0 bridgehead atoms. The van der Waals surface area contributed by atoms with E-state index in [4.69, 9.17) is 5.73 Å². The first-order valence-corrected chi connectivity index (χ1v) is 9.57. The maximum absolute atomic E-state index is 9.55. The van der Waals surface area contributed by atoms with Crippen molar-refractivity contribution in [1.82, 2.24) is 14.9 Å². The number of fused-ring (bicyclic) bond motifs is 1. The van der Waals surface area contributed by atoms with Gasteiger partial charge in [-0.25, -0.2) is 4.52 Å². The third kappa shape index (κ3) is 3.58. The Morgan fingerprint density at radius 3 is 2.69 bits per heavy atom. The highest BCUT2D eigenvalue weighted by Gasteiger charge is 2.15. The molecule has 1 saturated heterocycles. The molecule has 0 aliphatic carbocycles. The van der Waals surface area contributed by atoms with Crippen molar-refractivity contribution in [2.24, 2.45) is 10.7 Å². The highest BCUT2D eigenvalue weighted by Crippen LogP contribution is 2.31. The number of nitriles is 1. The minimum absolute atomic E-state index is 0.542. The van der Waals surface area contributed by atoms with Crippen LogP contribution in [0.25, 0.3) is 22.2 Å². The Balaban J connectivity index is 1.83. The highest BCUT2D eigenvalue weighted by molar-refractivity contribution is 6.10. The molecular formula is C22H23N7. The van der Waals surface area contributed by atoms with Gasteiger partial charge in [0.25, 0.3) is 0 Å². The average molecular weight is 385 g/mol. The van der Waals surface area contributed by atoms with E-state index < -0.39 is 0 Å². The van der Waals surface area contributed by atoms with Gasteiger partial charge in [-0.2, -0.15) is 10.4 Å². The first kappa shape index (κ1) is 18.7. The lowest BCUT2D eigenvalue weighted by Gasteiger charge is -2.29. The standard InChI is InChI=1S/C22H23N7/c1-25-13-18(11-23)17-10-21(22-19(12-24)14-27-29(22)15-17)16-2-4-20(5-3-16)28-8-6-26-7-9-28/h2-5,10-11,13-15,26H,6-9,23H2,1H3. The molecule has 29 heavy (non-hydrogen) atoms. The van der Waals surface area contributed by atoms with E-state index in [1.165, 1.54) is 11.9 Å². The minimum Gasteiger partial charge on any atom is -0.404 e. The summed E-state index contributed by atoms with van der Waals surface area (Å²) in [5, 5.41) is 17.3. The Labute approximate surface area is 169 Å². The number of aliphatic imine (C=N–C) groups is 1. The summed E-state index contributed by atoms with van der Waals surface area (Å²) >= 11 is 0. The third-order valence-electron chi connectivity index (χ3n) is 5.17. The Bertz CT molecular complexity index is 1110. The Kier molecular flexibility index (Phi) is 5.27. The number of nitrogens with one attached hydrogen (secondary N) is 1. The molecule has 0 amide bonds. The first-order chi connectivity index (χ1) is 14.2. The predicted molar refractivity (Wildman–Crippen MR) is 117 cm³/mol. The number of nitrogens with two attached hydrogens (primary N) is 1. The molecule has 7 heteroatoms. The lowest BCUT2D eigenvalue weighted by atomic mass is 9.99.